The zero-order valence-electron chi connectivity index (χ0n) is 13.2. The molecule has 24 heavy (non-hydrogen) atoms. The summed E-state index contributed by atoms with van der Waals surface area (Å²) in [5, 5.41) is 3.02. The Morgan fingerprint density at radius 1 is 1.38 bits per heavy atom. The molecule has 2 amide bonds. The Kier molecular flexibility index (Phi) is 6.79. The normalized spacial score (nSPS) is 15.2. The van der Waals surface area contributed by atoms with Gasteiger partial charge in [-0.15, -0.1) is 6.42 Å². The van der Waals surface area contributed by atoms with Crippen LogP contribution >= 0.6 is 11.6 Å². The van der Waals surface area contributed by atoms with Gasteiger partial charge in [0.05, 0.1) is 13.1 Å². The average molecular weight is 347 g/mol. The smallest absolute Gasteiger partial charge is 0.246 e. The molecule has 1 fully saturated rings. The van der Waals surface area contributed by atoms with Crippen molar-refractivity contribution in [1.82, 2.24) is 20.1 Å². The summed E-state index contributed by atoms with van der Waals surface area (Å²) in [6.45, 7) is 3.02. The van der Waals surface area contributed by atoms with Gasteiger partial charge in [-0.25, -0.2) is 4.98 Å². The highest BCUT2D eigenvalue weighted by Gasteiger charge is 2.20. The summed E-state index contributed by atoms with van der Waals surface area (Å²) in [7, 11) is 0. The van der Waals surface area contributed by atoms with Crippen LogP contribution < -0.4 is 5.32 Å². The molecule has 0 aliphatic carbocycles. The molecule has 1 aromatic heterocycles. The van der Waals surface area contributed by atoms with Crippen molar-refractivity contribution in [2.24, 2.45) is 0 Å². The van der Waals surface area contributed by atoms with E-state index in [9.17, 15) is 9.59 Å². The van der Waals surface area contributed by atoms with E-state index in [2.05, 4.69) is 16.2 Å². The van der Waals surface area contributed by atoms with E-state index in [1.165, 1.54) is 6.08 Å². The molecule has 2 heterocycles. The number of nitrogens with one attached hydrogen (secondary N) is 1. The van der Waals surface area contributed by atoms with E-state index in [-0.39, 0.29) is 18.4 Å². The lowest BCUT2D eigenvalue weighted by Crippen LogP contribution is -2.50. The third-order valence-electron chi connectivity index (χ3n) is 3.61. The Balaban J connectivity index is 1.78. The van der Waals surface area contributed by atoms with Crippen LogP contribution in [0.25, 0.3) is 6.08 Å². The highest BCUT2D eigenvalue weighted by atomic mass is 35.5. The second kappa shape index (κ2) is 9.06. The minimum atomic E-state index is -0.0952. The summed E-state index contributed by atoms with van der Waals surface area (Å²) in [5.41, 5.74) is 0.826. The number of carbonyl (C=O) groups excluding carboxylic acids is 2. The van der Waals surface area contributed by atoms with Gasteiger partial charge in [-0.05, 0) is 23.8 Å². The van der Waals surface area contributed by atoms with Crippen molar-refractivity contribution in [3.63, 3.8) is 0 Å². The number of aromatic nitrogens is 1. The second-order valence-corrected chi connectivity index (χ2v) is 5.71. The number of rotatable bonds is 5. The number of piperazine rings is 1. The second-order valence-electron chi connectivity index (χ2n) is 5.33. The minimum Gasteiger partial charge on any atom is -0.344 e. The van der Waals surface area contributed by atoms with E-state index in [4.69, 9.17) is 18.0 Å². The topological polar surface area (TPSA) is 65.5 Å². The number of amides is 2. The van der Waals surface area contributed by atoms with E-state index in [1.54, 1.807) is 29.3 Å². The van der Waals surface area contributed by atoms with Gasteiger partial charge < -0.3 is 10.2 Å². The lowest BCUT2D eigenvalue weighted by atomic mass is 10.2. The minimum absolute atomic E-state index is 0.0561. The summed E-state index contributed by atoms with van der Waals surface area (Å²) in [6.07, 6.45) is 9.94. The molecule has 0 spiro atoms. The standard InChI is InChI=1S/C17H19ClN4O2/c1-2-6-20-16(23)13-21-8-10-22(11-9-21)17(24)4-3-14-5-7-19-15(18)12-14/h1,3-5,7,12H,6,8-11,13H2,(H,20,23)/b4-3+. The van der Waals surface area contributed by atoms with Crippen molar-refractivity contribution >= 4 is 29.5 Å². The molecule has 0 saturated carbocycles. The maximum absolute atomic E-state index is 12.2. The highest BCUT2D eigenvalue weighted by molar-refractivity contribution is 6.29. The molecule has 0 aromatic carbocycles. The molecule has 1 aliphatic rings. The van der Waals surface area contributed by atoms with Gasteiger partial charge in [0.25, 0.3) is 0 Å². The van der Waals surface area contributed by atoms with Crippen molar-refractivity contribution in [2.45, 2.75) is 0 Å². The SMILES string of the molecule is C#CCNC(=O)CN1CCN(C(=O)/C=C/c2ccnc(Cl)c2)CC1. The van der Waals surface area contributed by atoms with Crippen LogP contribution in [0, 0.1) is 12.3 Å². The van der Waals surface area contributed by atoms with Crippen LogP contribution in [0.3, 0.4) is 0 Å². The van der Waals surface area contributed by atoms with Gasteiger partial charge in [0.2, 0.25) is 11.8 Å². The summed E-state index contributed by atoms with van der Waals surface area (Å²) < 4.78 is 0. The zero-order chi connectivity index (χ0) is 17.4. The number of halogens is 1. The molecule has 7 heteroatoms. The van der Waals surface area contributed by atoms with Crippen LogP contribution in [0.1, 0.15) is 5.56 Å². The van der Waals surface area contributed by atoms with Crippen LogP contribution in [0.2, 0.25) is 5.15 Å². The largest absolute Gasteiger partial charge is 0.344 e. The van der Waals surface area contributed by atoms with E-state index >= 15 is 0 Å². The third-order valence-corrected chi connectivity index (χ3v) is 3.81. The average Bonchev–Trinajstić information content (AvgIpc) is 2.58. The molecule has 0 radical (unpaired) electrons. The van der Waals surface area contributed by atoms with Gasteiger partial charge >= 0.3 is 0 Å². The van der Waals surface area contributed by atoms with Crippen molar-refractivity contribution in [3.8, 4) is 12.3 Å². The van der Waals surface area contributed by atoms with Crippen molar-refractivity contribution in [3.05, 3.63) is 35.1 Å². The monoisotopic (exact) mass is 346 g/mol. The van der Waals surface area contributed by atoms with E-state index < -0.39 is 0 Å². The number of nitrogens with zero attached hydrogens (tertiary/aromatic N) is 3. The molecule has 0 atom stereocenters. The summed E-state index contributed by atoms with van der Waals surface area (Å²) in [6, 6.07) is 3.47. The number of pyridine rings is 1. The molecule has 0 unspecified atom stereocenters. The van der Waals surface area contributed by atoms with Gasteiger partial charge in [0, 0.05) is 38.5 Å². The van der Waals surface area contributed by atoms with Crippen LogP contribution in [-0.4, -0.2) is 65.9 Å². The molecule has 1 aromatic rings. The summed E-state index contributed by atoms with van der Waals surface area (Å²) in [5.74, 6) is 2.21. The fraction of sp³-hybridized carbons (Fsp3) is 0.353. The van der Waals surface area contributed by atoms with Gasteiger partial charge in [-0.1, -0.05) is 17.5 Å². The van der Waals surface area contributed by atoms with Crippen LogP contribution in [0.4, 0.5) is 0 Å². The lowest BCUT2D eigenvalue weighted by molar-refractivity contribution is -0.128. The lowest BCUT2D eigenvalue weighted by Gasteiger charge is -2.33. The van der Waals surface area contributed by atoms with Gasteiger partial charge in [0.15, 0.2) is 0 Å². The Labute approximate surface area is 146 Å². The van der Waals surface area contributed by atoms with Crippen molar-refractivity contribution in [1.29, 1.82) is 0 Å². The van der Waals surface area contributed by atoms with Crippen LogP contribution in [0.5, 0.6) is 0 Å². The first kappa shape index (κ1) is 18.0. The van der Waals surface area contributed by atoms with E-state index in [0.29, 0.717) is 37.9 Å². The number of terminal acetylenes is 1. The predicted octanol–water partition coefficient (Wildman–Crippen LogP) is 0.642. The summed E-state index contributed by atoms with van der Waals surface area (Å²) in [4.78, 5) is 31.5. The van der Waals surface area contributed by atoms with Crippen LogP contribution in [-0.2, 0) is 9.59 Å². The van der Waals surface area contributed by atoms with E-state index in [1.807, 2.05) is 4.90 Å². The number of hydrogen-bond donors (Lipinski definition) is 1. The third kappa shape index (κ3) is 5.69. The Morgan fingerprint density at radius 3 is 2.79 bits per heavy atom. The molecule has 1 saturated heterocycles. The van der Waals surface area contributed by atoms with E-state index in [0.717, 1.165) is 5.56 Å². The van der Waals surface area contributed by atoms with Crippen molar-refractivity contribution in [2.75, 3.05) is 39.3 Å². The molecule has 126 valence electrons. The van der Waals surface area contributed by atoms with Gasteiger partial charge in [0.1, 0.15) is 5.15 Å². The maximum Gasteiger partial charge on any atom is 0.246 e. The Hall–Kier alpha value is -2.36. The fourth-order valence-corrected chi connectivity index (χ4v) is 2.51. The first-order valence-corrected chi connectivity index (χ1v) is 7.97. The predicted molar refractivity (Wildman–Crippen MR) is 93.1 cm³/mol. The Bertz CT molecular complexity index is 661. The molecule has 0 bridgehead atoms. The quantitative estimate of drug-likeness (QED) is 0.483. The Morgan fingerprint density at radius 2 is 2.12 bits per heavy atom. The molecule has 1 N–H and O–H groups in total. The maximum atomic E-state index is 12.2. The van der Waals surface area contributed by atoms with Crippen molar-refractivity contribution < 1.29 is 9.59 Å². The molecule has 1 aliphatic heterocycles. The zero-order valence-corrected chi connectivity index (χ0v) is 14.0. The highest BCUT2D eigenvalue weighted by Crippen LogP contribution is 2.09. The molecule has 6 nitrogen and oxygen atoms in total. The molecule has 2 rings (SSSR count). The van der Waals surface area contributed by atoms with Gasteiger partial charge in [-0.2, -0.15) is 0 Å². The first-order valence-electron chi connectivity index (χ1n) is 7.59. The molecular formula is C17H19ClN4O2. The van der Waals surface area contributed by atoms with Gasteiger partial charge in [-0.3, -0.25) is 14.5 Å². The first-order chi connectivity index (χ1) is 11.6. The van der Waals surface area contributed by atoms with Crippen LogP contribution in [0.15, 0.2) is 24.4 Å². The summed E-state index contributed by atoms with van der Waals surface area (Å²) >= 11 is 5.81. The number of hydrogen-bond acceptors (Lipinski definition) is 4. The number of carbonyl (C=O) groups is 2. The fourth-order valence-electron chi connectivity index (χ4n) is 2.33. The molecular weight excluding hydrogens is 328 g/mol.